The average molecular weight is 224 g/mol. The first-order valence-electron chi connectivity index (χ1n) is 5.88. The number of likely N-dealkylation sites (tertiary alicyclic amines) is 1. The molecule has 1 saturated heterocycles. The second kappa shape index (κ2) is 5.64. The number of nitrogens with zero attached hydrogens (tertiary/aromatic N) is 1. The summed E-state index contributed by atoms with van der Waals surface area (Å²) < 4.78 is 0. The highest BCUT2D eigenvalue weighted by molar-refractivity contribution is 7.11. The number of hydrogen-bond acceptors (Lipinski definition) is 3. The highest BCUT2D eigenvalue weighted by atomic mass is 32.1. The molecule has 0 bridgehead atoms. The second-order valence-corrected chi connectivity index (χ2v) is 5.50. The van der Waals surface area contributed by atoms with Crippen LogP contribution in [0.4, 0.5) is 0 Å². The Kier molecular flexibility index (Phi) is 4.18. The van der Waals surface area contributed by atoms with E-state index in [1.54, 1.807) is 0 Å². The number of hydrogen-bond donors (Lipinski definition) is 1. The van der Waals surface area contributed by atoms with Gasteiger partial charge in [0, 0.05) is 16.3 Å². The molecule has 1 aliphatic heterocycles. The van der Waals surface area contributed by atoms with Gasteiger partial charge in [-0.1, -0.05) is 6.42 Å². The van der Waals surface area contributed by atoms with Gasteiger partial charge < -0.3 is 5.73 Å². The highest BCUT2D eigenvalue weighted by Gasteiger charge is 2.11. The van der Waals surface area contributed by atoms with Crippen LogP contribution >= 0.6 is 11.3 Å². The van der Waals surface area contributed by atoms with E-state index in [4.69, 9.17) is 5.73 Å². The van der Waals surface area contributed by atoms with Crippen molar-refractivity contribution in [1.29, 1.82) is 0 Å². The summed E-state index contributed by atoms with van der Waals surface area (Å²) in [6, 6.07) is 4.50. The lowest BCUT2D eigenvalue weighted by molar-refractivity contribution is 0.222. The molecule has 1 aromatic rings. The third-order valence-corrected chi connectivity index (χ3v) is 4.07. The Morgan fingerprint density at radius 3 is 2.60 bits per heavy atom. The molecule has 1 aromatic heterocycles. The number of piperidine rings is 1. The molecule has 1 aliphatic rings. The normalized spacial score (nSPS) is 18.2. The predicted molar refractivity (Wildman–Crippen MR) is 66.2 cm³/mol. The first-order valence-corrected chi connectivity index (χ1v) is 6.70. The minimum Gasteiger partial charge on any atom is -0.330 e. The van der Waals surface area contributed by atoms with Crippen molar-refractivity contribution in [3.8, 4) is 0 Å². The summed E-state index contributed by atoms with van der Waals surface area (Å²) in [5, 5.41) is 0. The molecule has 84 valence electrons. The van der Waals surface area contributed by atoms with Crippen molar-refractivity contribution in [2.24, 2.45) is 5.73 Å². The van der Waals surface area contributed by atoms with Gasteiger partial charge in [0.05, 0.1) is 0 Å². The molecule has 0 saturated carbocycles. The van der Waals surface area contributed by atoms with E-state index in [1.165, 1.54) is 42.1 Å². The maximum absolute atomic E-state index is 5.55. The Balaban J connectivity index is 1.86. The summed E-state index contributed by atoms with van der Waals surface area (Å²) in [5.41, 5.74) is 5.55. The Bertz CT molecular complexity index is 290. The van der Waals surface area contributed by atoms with Crippen molar-refractivity contribution in [3.05, 3.63) is 21.9 Å². The minimum atomic E-state index is 0.768. The zero-order valence-corrected chi connectivity index (χ0v) is 10.1. The molecule has 0 atom stereocenters. The van der Waals surface area contributed by atoms with Crippen LogP contribution in [0.25, 0.3) is 0 Å². The van der Waals surface area contributed by atoms with Crippen LogP contribution in [-0.2, 0) is 13.0 Å². The van der Waals surface area contributed by atoms with Crippen LogP contribution in [0.2, 0.25) is 0 Å². The van der Waals surface area contributed by atoms with E-state index >= 15 is 0 Å². The van der Waals surface area contributed by atoms with Crippen molar-refractivity contribution < 1.29 is 0 Å². The molecule has 0 amide bonds. The van der Waals surface area contributed by atoms with E-state index in [0.29, 0.717) is 0 Å². The van der Waals surface area contributed by atoms with Crippen LogP contribution in [0, 0.1) is 0 Å². The molecule has 2 heterocycles. The molecule has 0 radical (unpaired) electrons. The molecule has 0 aliphatic carbocycles. The summed E-state index contributed by atoms with van der Waals surface area (Å²) in [5.74, 6) is 0. The van der Waals surface area contributed by atoms with Gasteiger partial charge in [0.15, 0.2) is 0 Å². The van der Waals surface area contributed by atoms with E-state index < -0.39 is 0 Å². The van der Waals surface area contributed by atoms with Gasteiger partial charge in [-0.25, -0.2) is 0 Å². The van der Waals surface area contributed by atoms with Gasteiger partial charge in [0.25, 0.3) is 0 Å². The quantitative estimate of drug-likeness (QED) is 0.850. The molecule has 0 spiro atoms. The van der Waals surface area contributed by atoms with Crippen LogP contribution in [0.5, 0.6) is 0 Å². The van der Waals surface area contributed by atoms with Gasteiger partial charge in [-0.3, -0.25) is 4.90 Å². The van der Waals surface area contributed by atoms with Crippen LogP contribution in [0.15, 0.2) is 12.1 Å². The van der Waals surface area contributed by atoms with Crippen molar-refractivity contribution >= 4 is 11.3 Å². The van der Waals surface area contributed by atoms with E-state index in [9.17, 15) is 0 Å². The minimum absolute atomic E-state index is 0.768. The fourth-order valence-corrected chi connectivity index (χ4v) is 3.20. The molecule has 3 heteroatoms. The molecule has 0 unspecified atom stereocenters. The zero-order chi connectivity index (χ0) is 10.5. The van der Waals surface area contributed by atoms with E-state index in [-0.39, 0.29) is 0 Å². The molecule has 0 aromatic carbocycles. The summed E-state index contributed by atoms with van der Waals surface area (Å²) in [4.78, 5) is 5.51. The van der Waals surface area contributed by atoms with Crippen LogP contribution in [0.3, 0.4) is 0 Å². The lowest BCUT2D eigenvalue weighted by Gasteiger charge is -2.25. The third kappa shape index (κ3) is 3.30. The summed E-state index contributed by atoms with van der Waals surface area (Å²) in [6.07, 6.45) is 5.20. The highest BCUT2D eigenvalue weighted by Crippen LogP contribution is 2.20. The van der Waals surface area contributed by atoms with Crippen molar-refractivity contribution in [2.75, 3.05) is 19.6 Å². The number of thiophene rings is 1. The van der Waals surface area contributed by atoms with Crippen LogP contribution in [-0.4, -0.2) is 24.5 Å². The van der Waals surface area contributed by atoms with Gasteiger partial charge in [-0.05, 0) is 51.0 Å². The lowest BCUT2D eigenvalue weighted by atomic mass is 10.1. The molecule has 1 fully saturated rings. The van der Waals surface area contributed by atoms with Crippen molar-refractivity contribution in [1.82, 2.24) is 4.90 Å². The lowest BCUT2D eigenvalue weighted by Crippen LogP contribution is -2.28. The fourth-order valence-electron chi connectivity index (χ4n) is 2.12. The average Bonchev–Trinajstić information content (AvgIpc) is 2.68. The van der Waals surface area contributed by atoms with Gasteiger partial charge in [-0.2, -0.15) is 0 Å². The fraction of sp³-hybridized carbons (Fsp3) is 0.667. The van der Waals surface area contributed by atoms with Crippen LogP contribution in [0.1, 0.15) is 29.0 Å². The van der Waals surface area contributed by atoms with E-state index in [2.05, 4.69) is 17.0 Å². The largest absolute Gasteiger partial charge is 0.330 e. The predicted octanol–water partition coefficient (Wildman–Crippen LogP) is 2.24. The smallest absolute Gasteiger partial charge is 0.0328 e. The van der Waals surface area contributed by atoms with E-state index in [1.807, 2.05) is 11.3 Å². The molecule has 2 N–H and O–H groups in total. The molecular weight excluding hydrogens is 204 g/mol. The Labute approximate surface area is 96.1 Å². The summed E-state index contributed by atoms with van der Waals surface area (Å²) >= 11 is 1.93. The molecule has 2 rings (SSSR count). The van der Waals surface area contributed by atoms with Crippen molar-refractivity contribution in [2.45, 2.75) is 32.2 Å². The monoisotopic (exact) mass is 224 g/mol. The standard InChI is InChI=1S/C12H20N2S/c13-7-6-11-4-5-12(15-11)10-14-8-2-1-3-9-14/h4-5H,1-3,6-10,13H2. The topological polar surface area (TPSA) is 29.3 Å². The second-order valence-electron chi connectivity index (χ2n) is 4.24. The van der Waals surface area contributed by atoms with Gasteiger partial charge in [-0.15, -0.1) is 11.3 Å². The number of nitrogens with two attached hydrogens (primary N) is 1. The van der Waals surface area contributed by atoms with Crippen LogP contribution < -0.4 is 5.73 Å². The Hall–Kier alpha value is -0.380. The Morgan fingerprint density at radius 1 is 1.13 bits per heavy atom. The van der Waals surface area contributed by atoms with Gasteiger partial charge >= 0.3 is 0 Å². The summed E-state index contributed by atoms with van der Waals surface area (Å²) in [7, 11) is 0. The third-order valence-electron chi connectivity index (χ3n) is 2.94. The van der Waals surface area contributed by atoms with Gasteiger partial charge in [0.2, 0.25) is 0 Å². The SMILES string of the molecule is NCCc1ccc(CN2CCCCC2)s1. The Morgan fingerprint density at radius 2 is 1.87 bits per heavy atom. The first-order chi connectivity index (χ1) is 7.38. The zero-order valence-electron chi connectivity index (χ0n) is 9.24. The maximum Gasteiger partial charge on any atom is 0.0328 e. The van der Waals surface area contributed by atoms with Crippen molar-refractivity contribution in [3.63, 3.8) is 0 Å². The first kappa shape index (κ1) is 11.1. The van der Waals surface area contributed by atoms with E-state index in [0.717, 1.165) is 19.5 Å². The summed E-state index contributed by atoms with van der Waals surface area (Å²) in [6.45, 7) is 4.48. The molecule has 2 nitrogen and oxygen atoms in total. The maximum atomic E-state index is 5.55. The molecule has 15 heavy (non-hydrogen) atoms. The number of rotatable bonds is 4. The van der Waals surface area contributed by atoms with Gasteiger partial charge in [0.1, 0.15) is 0 Å². The molecular formula is C12H20N2S.